The Balaban J connectivity index is 1.76. The van der Waals surface area contributed by atoms with E-state index in [0.29, 0.717) is 25.2 Å². The van der Waals surface area contributed by atoms with Gasteiger partial charge in [-0.15, -0.1) is 0 Å². The summed E-state index contributed by atoms with van der Waals surface area (Å²) in [5.74, 6) is -1.15. The molecule has 1 aliphatic heterocycles. The number of urea groups is 1. The SMILES string of the molecule is CC(C)(C)c1cc(NC(=O)N2CCCN2c2cc(F)cc(F)c2)on1. The van der Waals surface area contributed by atoms with Gasteiger partial charge in [-0.05, 0) is 18.6 Å². The van der Waals surface area contributed by atoms with Crippen LogP contribution in [0.3, 0.4) is 0 Å². The van der Waals surface area contributed by atoms with Crippen molar-refractivity contribution in [3.05, 3.63) is 41.6 Å². The summed E-state index contributed by atoms with van der Waals surface area (Å²) in [6, 6.07) is 4.41. The molecule has 1 aromatic carbocycles. The molecule has 1 aliphatic rings. The number of hydrogen-bond donors (Lipinski definition) is 1. The smallest absolute Gasteiger partial charge is 0.338 e. The lowest BCUT2D eigenvalue weighted by atomic mass is 9.92. The van der Waals surface area contributed by atoms with Gasteiger partial charge in [0.05, 0.1) is 11.4 Å². The highest BCUT2D eigenvalue weighted by Crippen LogP contribution is 2.26. The third-order valence-corrected chi connectivity index (χ3v) is 3.92. The number of amides is 2. The number of halogens is 2. The van der Waals surface area contributed by atoms with Gasteiger partial charge in [0.1, 0.15) is 11.6 Å². The Labute approximate surface area is 144 Å². The first kappa shape index (κ1) is 17.2. The number of hydrazine groups is 1. The van der Waals surface area contributed by atoms with Crippen LogP contribution in [-0.4, -0.2) is 29.3 Å². The quantitative estimate of drug-likeness (QED) is 0.892. The molecule has 6 nitrogen and oxygen atoms in total. The first-order chi connectivity index (χ1) is 11.7. The predicted molar refractivity (Wildman–Crippen MR) is 89.2 cm³/mol. The maximum absolute atomic E-state index is 13.5. The van der Waals surface area contributed by atoms with Gasteiger partial charge < -0.3 is 4.52 Å². The van der Waals surface area contributed by atoms with E-state index in [-0.39, 0.29) is 17.0 Å². The van der Waals surface area contributed by atoms with Crippen LogP contribution in [-0.2, 0) is 5.41 Å². The van der Waals surface area contributed by atoms with Crippen LogP contribution in [0.2, 0.25) is 0 Å². The lowest BCUT2D eigenvalue weighted by Gasteiger charge is -2.29. The summed E-state index contributed by atoms with van der Waals surface area (Å²) in [4.78, 5) is 12.5. The fourth-order valence-electron chi connectivity index (χ4n) is 2.64. The number of nitrogens with one attached hydrogen (secondary N) is 1. The summed E-state index contributed by atoms with van der Waals surface area (Å²) >= 11 is 0. The fraction of sp³-hybridized carbons (Fsp3) is 0.412. The van der Waals surface area contributed by atoms with E-state index in [2.05, 4.69) is 10.5 Å². The Bertz CT molecular complexity index is 765. The number of rotatable bonds is 2. The Hall–Kier alpha value is -2.64. The molecule has 8 heteroatoms. The molecule has 2 aromatic rings. The van der Waals surface area contributed by atoms with Crippen molar-refractivity contribution in [2.75, 3.05) is 23.4 Å². The topological polar surface area (TPSA) is 61.6 Å². The minimum atomic E-state index is -0.688. The Morgan fingerprint density at radius 1 is 1.16 bits per heavy atom. The van der Waals surface area contributed by atoms with E-state index >= 15 is 0 Å². The number of nitrogens with zero attached hydrogens (tertiary/aromatic N) is 3. The molecule has 2 heterocycles. The number of carbonyl (C=O) groups is 1. The highest BCUT2D eigenvalue weighted by molar-refractivity contribution is 5.89. The number of carbonyl (C=O) groups excluding carboxylic acids is 1. The molecule has 1 saturated heterocycles. The van der Waals surface area contributed by atoms with Crippen LogP contribution in [0, 0.1) is 11.6 Å². The zero-order valence-corrected chi connectivity index (χ0v) is 14.3. The number of hydrogen-bond acceptors (Lipinski definition) is 4. The lowest BCUT2D eigenvalue weighted by molar-refractivity contribution is 0.217. The van der Waals surface area contributed by atoms with Gasteiger partial charge in [-0.3, -0.25) is 10.3 Å². The third kappa shape index (κ3) is 3.72. The van der Waals surface area contributed by atoms with Crippen LogP contribution in [0.15, 0.2) is 28.8 Å². The Morgan fingerprint density at radius 2 is 1.84 bits per heavy atom. The van der Waals surface area contributed by atoms with Crippen molar-refractivity contribution in [3.8, 4) is 0 Å². The minimum Gasteiger partial charge on any atom is -0.338 e. The van der Waals surface area contributed by atoms with Crippen molar-refractivity contribution >= 4 is 17.6 Å². The van der Waals surface area contributed by atoms with Crippen molar-refractivity contribution < 1.29 is 18.1 Å². The van der Waals surface area contributed by atoms with Gasteiger partial charge in [0.15, 0.2) is 0 Å². The highest BCUT2D eigenvalue weighted by Gasteiger charge is 2.29. The van der Waals surface area contributed by atoms with Crippen molar-refractivity contribution in [1.82, 2.24) is 10.2 Å². The summed E-state index contributed by atoms with van der Waals surface area (Å²) in [7, 11) is 0. The molecule has 0 spiro atoms. The molecule has 25 heavy (non-hydrogen) atoms. The molecular formula is C17H20F2N4O2. The molecular weight excluding hydrogens is 330 g/mol. The van der Waals surface area contributed by atoms with E-state index < -0.39 is 17.7 Å². The van der Waals surface area contributed by atoms with Crippen molar-refractivity contribution in [2.45, 2.75) is 32.6 Å². The van der Waals surface area contributed by atoms with Gasteiger partial charge in [-0.2, -0.15) is 0 Å². The van der Waals surface area contributed by atoms with Crippen LogP contribution in [0.1, 0.15) is 32.9 Å². The fourth-order valence-corrected chi connectivity index (χ4v) is 2.64. The van der Waals surface area contributed by atoms with Crippen LogP contribution in [0.5, 0.6) is 0 Å². The minimum absolute atomic E-state index is 0.203. The molecule has 2 amide bonds. The first-order valence-corrected chi connectivity index (χ1v) is 8.03. The van der Waals surface area contributed by atoms with E-state index in [9.17, 15) is 13.6 Å². The zero-order chi connectivity index (χ0) is 18.2. The van der Waals surface area contributed by atoms with Gasteiger partial charge in [0.2, 0.25) is 5.88 Å². The van der Waals surface area contributed by atoms with E-state index in [1.165, 1.54) is 17.1 Å². The van der Waals surface area contributed by atoms with Crippen LogP contribution in [0.4, 0.5) is 25.1 Å². The van der Waals surface area contributed by atoms with Gasteiger partial charge >= 0.3 is 6.03 Å². The molecule has 0 saturated carbocycles. The standard InChI is InChI=1S/C17H20F2N4O2/c1-17(2,3)14-10-15(25-21-14)20-16(24)23-6-4-5-22(23)13-8-11(18)7-12(19)9-13/h7-10H,4-6H2,1-3H3,(H,20,24). The molecule has 1 fully saturated rings. The second-order valence-electron chi connectivity index (χ2n) is 6.98. The lowest BCUT2D eigenvalue weighted by Crippen LogP contribution is -2.43. The number of benzene rings is 1. The van der Waals surface area contributed by atoms with E-state index in [0.717, 1.165) is 6.07 Å². The average molecular weight is 350 g/mol. The summed E-state index contributed by atoms with van der Waals surface area (Å²) in [6.07, 6.45) is 0.690. The van der Waals surface area contributed by atoms with Crippen LogP contribution < -0.4 is 10.3 Å². The van der Waals surface area contributed by atoms with E-state index in [1.807, 2.05) is 20.8 Å². The summed E-state index contributed by atoms with van der Waals surface area (Å²) in [5.41, 5.74) is 0.803. The van der Waals surface area contributed by atoms with Crippen LogP contribution in [0.25, 0.3) is 0 Å². The first-order valence-electron chi connectivity index (χ1n) is 8.03. The summed E-state index contributed by atoms with van der Waals surface area (Å²) in [5, 5.41) is 9.52. The average Bonchev–Trinajstić information content (AvgIpc) is 3.14. The monoisotopic (exact) mass is 350 g/mol. The molecule has 0 radical (unpaired) electrons. The molecule has 0 unspecified atom stereocenters. The molecule has 134 valence electrons. The number of anilines is 2. The van der Waals surface area contributed by atoms with E-state index in [4.69, 9.17) is 4.52 Å². The molecule has 1 N–H and O–H groups in total. The normalized spacial score (nSPS) is 14.9. The summed E-state index contributed by atoms with van der Waals surface area (Å²) < 4.78 is 32.1. The molecule has 0 aliphatic carbocycles. The second-order valence-corrected chi connectivity index (χ2v) is 6.98. The maximum atomic E-state index is 13.5. The van der Waals surface area contributed by atoms with Crippen molar-refractivity contribution in [1.29, 1.82) is 0 Å². The molecule has 3 rings (SSSR count). The van der Waals surface area contributed by atoms with E-state index in [1.54, 1.807) is 11.1 Å². The van der Waals surface area contributed by atoms with Gasteiger partial charge in [0, 0.05) is 30.6 Å². The maximum Gasteiger partial charge on any atom is 0.343 e. The van der Waals surface area contributed by atoms with Crippen molar-refractivity contribution in [2.24, 2.45) is 0 Å². The molecule has 0 bridgehead atoms. The summed E-state index contributed by atoms with van der Waals surface area (Å²) in [6.45, 7) is 6.87. The predicted octanol–water partition coefficient (Wildman–Crippen LogP) is 3.91. The zero-order valence-electron chi connectivity index (χ0n) is 14.3. The highest BCUT2D eigenvalue weighted by atomic mass is 19.1. The number of aromatic nitrogens is 1. The second kappa shape index (κ2) is 6.34. The Kier molecular flexibility index (Phi) is 4.36. The Morgan fingerprint density at radius 3 is 2.44 bits per heavy atom. The van der Waals surface area contributed by atoms with Gasteiger partial charge in [0.25, 0.3) is 0 Å². The van der Waals surface area contributed by atoms with Crippen LogP contribution >= 0.6 is 0 Å². The third-order valence-electron chi connectivity index (χ3n) is 3.92. The molecule has 1 aromatic heterocycles. The largest absolute Gasteiger partial charge is 0.343 e. The van der Waals surface area contributed by atoms with Gasteiger partial charge in [-0.1, -0.05) is 25.9 Å². The van der Waals surface area contributed by atoms with Gasteiger partial charge in [-0.25, -0.2) is 18.6 Å². The van der Waals surface area contributed by atoms with Crippen molar-refractivity contribution in [3.63, 3.8) is 0 Å². The molecule has 0 atom stereocenters.